The van der Waals surface area contributed by atoms with Gasteiger partial charge in [-0.15, -0.1) is 0 Å². The molecule has 2 aliphatic heterocycles. The predicted octanol–water partition coefficient (Wildman–Crippen LogP) is 6.84. The van der Waals surface area contributed by atoms with Gasteiger partial charge >= 0.3 is 0 Å². The van der Waals surface area contributed by atoms with E-state index in [9.17, 15) is 9.59 Å². The Morgan fingerprint density at radius 3 is 2.38 bits per heavy atom. The molecule has 5 nitrogen and oxygen atoms in total. The molecule has 0 atom stereocenters. The molecule has 0 saturated heterocycles. The molecular formula is C34H27N3O2. The molecule has 39 heavy (non-hydrogen) atoms. The van der Waals surface area contributed by atoms with Gasteiger partial charge in [0.15, 0.2) is 0 Å². The van der Waals surface area contributed by atoms with Crippen LogP contribution in [0.25, 0.3) is 22.6 Å². The molecule has 4 aromatic carbocycles. The lowest BCUT2D eigenvalue weighted by Gasteiger charge is -2.29. The van der Waals surface area contributed by atoms with E-state index in [-0.39, 0.29) is 18.4 Å². The molecule has 1 aromatic heterocycles. The highest BCUT2D eigenvalue weighted by molar-refractivity contribution is 6.38. The van der Waals surface area contributed by atoms with Crippen LogP contribution in [-0.2, 0) is 22.6 Å². The van der Waals surface area contributed by atoms with Crippen molar-refractivity contribution in [1.82, 2.24) is 4.57 Å². The highest BCUT2D eigenvalue weighted by atomic mass is 16.2. The zero-order chi connectivity index (χ0) is 26.3. The quantitative estimate of drug-likeness (QED) is 0.249. The Morgan fingerprint density at radius 2 is 1.51 bits per heavy atom. The Kier molecular flexibility index (Phi) is 5.63. The Balaban J connectivity index is 1.28. The number of carbonyl (C=O) groups excluding carboxylic acids is 2. The number of amides is 2. The molecule has 2 amide bonds. The summed E-state index contributed by atoms with van der Waals surface area (Å²) in [6.45, 7) is 0.964. The summed E-state index contributed by atoms with van der Waals surface area (Å²) >= 11 is 0. The molecule has 3 heterocycles. The Labute approximate surface area is 227 Å². The fraction of sp³-hybridized carbons (Fsp3) is 0.118. The van der Waals surface area contributed by atoms with Gasteiger partial charge in [0.2, 0.25) is 5.91 Å². The molecule has 0 saturated carbocycles. The second kappa shape index (κ2) is 9.44. The van der Waals surface area contributed by atoms with Crippen LogP contribution in [0.2, 0.25) is 0 Å². The molecule has 0 fully saturated rings. The van der Waals surface area contributed by atoms with Gasteiger partial charge in [-0.3, -0.25) is 14.5 Å². The molecule has 0 N–H and O–H groups in total. The number of hydrogen-bond acceptors (Lipinski definition) is 2. The predicted molar refractivity (Wildman–Crippen MR) is 157 cm³/mol. The molecule has 0 unspecified atom stereocenters. The topological polar surface area (TPSA) is 45.6 Å². The van der Waals surface area contributed by atoms with E-state index in [1.165, 1.54) is 5.56 Å². The number of benzene rings is 4. The number of hydrogen-bond donors (Lipinski definition) is 0. The lowest BCUT2D eigenvalue weighted by atomic mass is 10.0. The average molecular weight is 510 g/mol. The molecule has 5 aromatic rings. The van der Waals surface area contributed by atoms with Crippen molar-refractivity contribution in [3.8, 4) is 0 Å². The van der Waals surface area contributed by atoms with Gasteiger partial charge in [0, 0.05) is 46.1 Å². The van der Waals surface area contributed by atoms with Crippen molar-refractivity contribution in [1.29, 1.82) is 0 Å². The maximum atomic E-state index is 13.8. The van der Waals surface area contributed by atoms with E-state index in [4.69, 9.17) is 0 Å². The fourth-order valence-electron chi connectivity index (χ4n) is 5.91. The number of carbonyl (C=O) groups is 2. The van der Waals surface area contributed by atoms with Crippen LogP contribution >= 0.6 is 0 Å². The third kappa shape index (κ3) is 3.94. The summed E-state index contributed by atoms with van der Waals surface area (Å²) in [5.41, 5.74) is 7.41. The van der Waals surface area contributed by atoms with Gasteiger partial charge in [-0.2, -0.15) is 0 Å². The highest BCUT2D eigenvalue weighted by Gasteiger charge is 2.33. The second-order valence-corrected chi connectivity index (χ2v) is 10.1. The van der Waals surface area contributed by atoms with E-state index in [1.54, 1.807) is 4.90 Å². The summed E-state index contributed by atoms with van der Waals surface area (Å²) in [6.07, 6.45) is 5.95. The van der Waals surface area contributed by atoms with Gasteiger partial charge in [-0.1, -0.05) is 72.8 Å². The van der Waals surface area contributed by atoms with Gasteiger partial charge in [0.1, 0.15) is 6.54 Å². The first-order chi connectivity index (χ1) is 19.2. The van der Waals surface area contributed by atoms with Crippen LogP contribution in [0.3, 0.4) is 0 Å². The summed E-state index contributed by atoms with van der Waals surface area (Å²) in [5.74, 6) is 0.0138. The van der Waals surface area contributed by atoms with E-state index in [1.807, 2.05) is 113 Å². The fourth-order valence-corrected chi connectivity index (χ4v) is 5.91. The summed E-state index contributed by atoms with van der Waals surface area (Å²) in [4.78, 5) is 31.1. The number of nitrogens with zero attached hydrogens (tertiary/aromatic N) is 3. The average Bonchev–Trinajstić information content (AvgIpc) is 3.47. The van der Waals surface area contributed by atoms with Crippen molar-refractivity contribution < 1.29 is 9.59 Å². The molecular weight excluding hydrogens is 482 g/mol. The smallest absolute Gasteiger partial charge is 0.263 e. The Bertz CT molecular complexity index is 1770. The largest absolute Gasteiger partial charge is 0.337 e. The van der Waals surface area contributed by atoms with Gasteiger partial charge in [-0.25, -0.2) is 0 Å². The standard InChI is InChI=1S/C34H27N3O2/c38-33(36-20-10-12-24-11-4-7-17-30(24)36)23-35-22-25(27-15-5-8-18-31(27)35)21-29-28-16-6-9-19-32(28)37(34(29)39)26-13-2-1-3-14-26/h1-9,11,13-19,21-22H,10,12,20,23H2/b29-21+. The maximum absolute atomic E-state index is 13.8. The SMILES string of the molecule is O=C(Cn1cc(/C=C2/C(=O)N(c3ccccc3)c3ccccc32)c2ccccc21)N1CCCc2ccccc21. The molecule has 0 aliphatic carbocycles. The number of fused-ring (bicyclic) bond motifs is 3. The summed E-state index contributed by atoms with van der Waals surface area (Å²) in [6, 6.07) is 33.9. The van der Waals surface area contributed by atoms with Crippen LogP contribution in [0.1, 0.15) is 23.1 Å². The van der Waals surface area contributed by atoms with Gasteiger partial charge in [0.05, 0.1) is 11.3 Å². The number of aromatic nitrogens is 1. The van der Waals surface area contributed by atoms with E-state index in [0.29, 0.717) is 5.57 Å². The van der Waals surface area contributed by atoms with E-state index < -0.39 is 0 Å². The monoisotopic (exact) mass is 509 g/mol. The summed E-state index contributed by atoms with van der Waals surface area (Å²) < 4.78 is 2.02. The summed E-state index contributed by atoms with van der Waals surface area (Å²) in [7, 11) is 0. The van der Waals surface area contributed by atoms with Crippen molar-refractivity contribution in [2.24, 2.45) is 0 Å². The van der Waals surface area contributed by atoms with Crippen molar-refractivity contribution in [2.45, 2.75) is 19.4 Å². The van der Waals surface area contributed by atoms with Crippen LogP contribution in [-0.4, -0.2) is 22.9 Å². The molecule has 190 valence electrons. The zero-order valence-electron chi connectivity index (χ0n) is 21.5. The Morgan fingerprint density at radius 1 is 0.795 bits per heavy atom. The molecule has 0 bridgehead atoms. The van der Waals surface area contributed by atoms with Crippen LogP contribution < -0.4 is 9.80 Å². The molecule has 0 spiro atoms. The van der Waals surface area contributed by atoms with Crippen molar-refractivity contribution in [2.75, 3.05) is 16.3 Å². The van der Waals surface area contributed by atoms with Crippen LogP contribution in [0.15, 0.2) is 109 Å². The van der Waals surface area contributed by atoms with Crippen LogP contribution in [0.4, 0.5) is 17.1 Å². The summed E-state index contributed by atoms with van der Waals surface area (Å²) in [5, 5.41) is 1.01. The van der Waals surface area contributed by atoms with Crippen molar-refractivity contribution in [3.05, 3.63) is 126 Å². The lowest BCUT2D eigenvalue weighted by Crippen LogP contribution is -2.37. The number of anilines is 3. The normalized spacial score (nSPS) is 15.6. The number of para-hydroxylation sites is 4. The third-order valence-electron chi connectivity index (χ3n) is 7.72. The van der Waals surface area contributed by atoms with Crippen molar-refractivity contribution in [3.63, 3.8) is 0 Å². The molecule has 0 radical (unpaired) electrons. The first-order valence-corrected chi connectivity index (χ1v) is 13.4. The minimum absolute atomic E-state index is 0.0553. The highest BCUT2D eigenvalue weighted by Crippen LogP contribution is 2.42. The van der Waals surface area contributed by atoms with E-state index >= 15 is 0 Å². The van der Waals surface area contributed by atoms with Gasteiger partial charge in [0.25, 0.3) is 5.91 Å². The number of rotatable bonds is 4. The third-order valence-corrected chi connectivity index (χ3v) is 7.72. The van der Waals surface area contributed by atoms with E-state index in [0.717, 1.165) is 58.5 Å². The minimum atomic E-state index is -0.0553. The first-order valence-electron chi connectivity index (χ1n) is 13.4. The zero-order valence-corrected chi connectivity index (χ0v) is 21.5. The van der Waals surface area contributed by atoms with Crippen LogP contribution in [0, 0.1) is 0 Å². The van der Waals surface area contributed by atoms with Crippen LogP contribution in [0.5, 0.6) is 0 Å². The molecule has 2 aliphatic rings. The Hall–Kier alpha value is -4.90. The van der Waals surface area contributed by atoms with Gasteiger partial charge < -0.3 is 9.47 Å². The minimum Gasteiger partial charge on any atom is -0.337 e. The van der Waals surface area contributed by atoms with Gasteiger partial charge in [-0.05, 0) is 54.8 Å². The van der Waals surface area contributed by atoms with E-state index in [2.05, 4.69) is 12.1 Å². The second-order valence-electron chi connectivity index (χ2n) is 10.1. The first kappa shape index (κ1) is 23.2. The lowest BCUT2D eigenvalue weighted by molar-refractivity contribution is -0.119. The van der Waals surface area contributed by atoms with Crippen molar-refractivity contribution >= 4 is 51.4 Å². The maximum Gasteiger partial charge on any atom is 0.263 e. The molecule has 7 rings (SSSR count). The molecule has 5 heteroatoms. The number of aryl methyl sites for hydroxylation is 1.